The van der Waals surface area contributed by atoms with Crippen LogP contribution in [0.2, 0.25) is 25.7 Å². The molecule has 4 aromatic heterocycles. The van der Waals surface area contributed by atoms with Gasteiger partial charge in [0.2, 0.25) is 5.91 Å². The van der Waals surface area contributed by atoms with E-state index in [9.17, 15) is 13.6 Å². The lowest BCUT2D eigenvalue weighted by Gasteiger charge is -2.19. The van der Waals surface area contributed by atoms with Crippen LogP contribution in [0.1, 0.15) is 31.0 Å². The van der Waals surface area contributed by atoms with Gasteiger partial charge in [0.05, 0.1) is 41.2 Å². The summed E-state index contributed by atoms with van der Waals surface area (Å²) in [6.45, 7) is 10.2. The summed E-state index contributed by atoms with van der Waals surface area (Å²) in [5.41, 5.74) is 5.62. The van der Waals surface area contributed by atoms with Crippen molar-refractivity contribution in [2.45, 2.75) is 52.2 Å². The number of fused-ring (bicyclic) bond motifs is 1. The largest absolute Gasteiger partial charge is 0.377 e. The fraction of sp³-hybridized carbons (Fsp3) is 0.355. The number of hydrogen-bond acceptors (Lipinski definition) is 6. The van der Waals surface area contributed by atoms with Crippen LogP contribution in [0.3, 0.4) is 0 Å². The third-order valence-corrected chi connectivity index (χ3v) is 8.76. The Balaban J connectivity index is 1.80. The fourth-order valence-corrected chi connectivity index (χ4v) is 5.80. The molecule has 0 aromatic carbocycles. The summed E-state index contributed by atoms with van der Waals surface area (Å²) in [7, 11) is -1.35. The normalized spacial score (nSPS) is 13.9. The number of pyridine rings is 3. The molecule has 0 bridgehead atoms. The van der Waals surface area contributed by atoms with E-state index in [1.807, 2.05) is 12.1 Å². The molecule has 0 aliphatic carbocycles. The van der Waals surface area contributed by atoms with Crippen LogP contribution in [-0.4, -0.2) is 53.3 Å². The molecular formula is C31H35F2N5O3Si. The molecule has 0 fully saturated rings. The summed E-state index contributed by atoms with van der Waals surface area (Å²) in [5.74, 6) is 0.119. The van der Waals surface area contributed by atoms with Gasteiger partial charge in [-0.3, -0.25) is 9.78 Å². The number of aromatic nitrogens is 4. The summed E-state index contributed by atoms with van der Waals surface area (Å²) < 4.78 is 41.6. The molecule has 4 aromatic rings. The highest BCUT2D eigenvalue weighted by Crippen LogP contribution is 2.43. The molecule has 220 valence electrons. The van der Waals surface area contributed by atoms with Gasteiger partial charge in [0.15, 0.2) is 0 Å². The Bertz CT molecular complexity index is 1630. The van der Waals surface area contributed by atoms with Crippen molar-refractivity contribution in [2.75, 3.05) is 25.1 Å². The molecule has 1 aliphatic heterocycles. The van der Waals surface area contributed by atoms with Gasteiger partial charge in [0.25, 0.3) is 6.43 Å². The van der Waals surface area contributed by atoms with Crippen molar-refractivity contribution in [3.05, 3.63) is 66.1 Å². The van der Waals surface area contributed by atoms with Crippen molar-refractivity contribution in [3.63, 3.8) is 0 Å². The van der Waals surface area contributed by atoms with E-state index in [0.717, 1.165) is 29.1 Å². The van der Waals surface area contributed by atoms with E-state index >= 15 is 0 Å². The number of rotatable bonds is 10. The summed E-state index contributed by atoms with van der Waals surface area (Å²) in [6, 6.07) is 11.2. The summed E-state index contributed by atoms with van der Waals surface area (Å²) in [6.07, 6.45) is 3.42. The Kier molecular flexibility index (Phi) is 8.90. The zero-order chi connectivity index (χ0) is 29.9. The van der Waals surface area contributed by atoms with E-state index in [0.29, 0.717) is 53.7 Å². The Hall–Kier alpha value is -3.80. The van der Waals surface area contributed by atoms with Gasteiger partial charge in [-0.2, -0.15) is 0 Å². The average molecular weight is 592 g/mol. The van der Waals surface area contributed by atoms with Crippen molar-refractivity contribution in [1.82, 2.24) is 19.5 Å². The number of carbonyl (C=O) groups excluding carboxylic acids is 1. The van der Waals surface area contributed by atoms with Gasteiger partial charge in [0.1, 0.15) is 18.2 Å². The fourth-order valence-electron chi connectivity index (χ4n) is 5.04. The first-order chi connectivity index (χ1) is 20.1. The number of halogens is 2. The van der Waals surface area contributed by atoms with Crippen LogP contribution >= 0.6 is 0 Å². The van der Waals surface area contributed by atoms with E-state index < -0.39 is 14.5 Å². The van der Waals surface area contributed by atoms with Crippen LogP contribution in [-0.2, 0) is 21.0 Å². The maximum atomic E-state index is 13.8. The molecule has 42 heavy (non-hydrogen) atoms. The Morgan fingerprint density at radius 2 is 1.98 bits per heavy atom. The third kappa shape index (κ3) is 6.64. The van der Waals surface area contributed by atoms with Gasteiger partial charge >= 0.3 is 0 Å². The molecule has 1 N–H and O–H groups in total. The van der Waals surface area contributed by atoms with Crippen molar-refractivity contribution in [1.29, 1.82) is 0 Å². The van der Waals surface area contributed by atoms with Crippen LogP contribution in [0.4, 0.5) is 14.6 Å². The van der Waals surface area contributed by atoms with E-state index in [2.05, 4.69) is 45.6 Å². The molecular weight excluding hydrogens is 556 g/mol. The van der Waals surface area contributed by atoms with Gasteiger partial charge < -0.3 is 19.4 Å². The predicted molar refractivity (Wildman–Crippen MR) is 163 cm³/mol. The zero-order valence-corrected chi connectivity index (χ0v) is 25.3. The number of carbonyl (C=O) groups is 1. The minimum absolute atomic E-state index is 0.213. The molecule has 0 radical (unpaired) electrons. The number of amides is 1. The maximum absolute atomic E-state index is 13.8. The lowest BCUT2D eigenvalue weighted by molar-refractivity contribution is -0.114. The number of ether oxygens (including phenoxy) is 2. The molecule has 1 aliphatic rings. The second-order valence-electron chi connectivity index (χ2n) is 11.5. The lowest BCUT2D eigenvalue weighted by atomic mass is 10.00. The van der Waals surface area contributed by atoms with Crippen LogP contribution in [0.25, 0.3) is 39.1 Å². The van der Waals surface area contributed by atoms with Crippen LogP contribution in [0, 0.1) is 0 Å². The molecule has 8 nitrogen and oxygen atoms in total. The zero-order valence-electron chi connectivity index (χ0n) is 24.3. The van der Waals surface area contributed by atoms with E-state index in [1.165, 1.54) is 13.0 Å². The third-order valence-electron chi connectivity index (χ3n) is 7.05. The standard InChI is InChI=1S/C31H35F2N5O3Si/c1-20(39)36-26-18-22(8-12-34-26)29-27(24-6-5-7-25(37-24)31(32)33)28-30(38(29)19-41-16-17-42(2,3)4)23(9-13-35-28)21-10-14-40-15-11-21/h5-10,12-13,18,31H,11,14-17,19H2,1-4H3,(H,34,36,39). The number of anilines is 1. The highest BCUT2D eigenvalue weighted by Gasteiger charge is 2.27. The van der Waals surface area contributed by atoms with E-state index in [1.54, 1.807) is 30.6 Å². The van der Waals surface area contributed by atoms with Crippen LogP contribution in [0.5, 0.6) is 0 Å². The van der Waals surface area contributed by atoms with Crippen molar-refractivity contribution >= 4 is 36.4 Å². The number of nitrogens with zero attached hydrogens (tertiary/aromatic N) is 4. The SMILES string of the molecule is CC(=O)Nc1cc(-c2c(-c3cccc(C(F)F)n3)c3nccc(C4=CCOCC4)c3n2COCC[Si](C)(C)C)ccn1. The molecule has 0 saturated heterocycles. The van der Waals surface area contributed by atoms with Crippen molar-refractivity contribution < 1.29 is 23.0 Å². The van der Waals surface area contributed by atoms with Gasteiger partial charge in [-0.05, 0) is 48.4 Å². The first-order valence-corrected chi connectivity index (χ1v) is 17.7. The number of hydrogen-bond donors (Lipinski definition) is 1. The first kappa shape index (κ1) is 29.7. The van der Waals surface area contributed by atoms with Gasteiger partial charge in [-0.15, -0.1) is 0 Å². The summed E-state index contributed by atoms with van der Waals surface area (Å²) in [4.78, 5) is 25.3. The minimum atomic E-state index is -2.73. The molecule has 1 amide bonds. The van der Waals surface area contributed by atoms with E-state index in [-0.39, 0.29) is 18.3 Å². The monoisotopic (exact) mass is 591 g/mol. The lowest BCUT2D eigenvalue weighted by Crippen LogP contribution is -2.22. The Morgan fingerprint density at radius 3 is 2.69 bits per heavy atom. The molecule has 0 unspecified atom stereocenters. The quantitative estimate of drug-likeness (QED) is 0.155. The number of nitrogens with one attached hydrogen (secondary N) is 1. The first-order valence-electron chi connectivity index (χ1n) is 14.0. The van der Waals surface area contributed by atoms with Crippen molar-refractivity contribution in [3.8, 4) is 22.5 Å². The predicted octanol–water partition coefficient (Wildman–Crippen LogP) is 7.17. The second-order valence-corrected chi connectivity index (χ2v) is 17.1. The highest BCUT2D eigenvalue weighted by molar-refractivity contribution is 6.76. The molecule has 11 heteroatoms. The maximum Gasteiger partial charge on any atom is 0.280 e. The Labute approximate surface area is 244 Å². The summed E-state index contributed by atoms with van der Waals surface area (Å²) >= 11 is 0. The van der Waals surface area contributed by atoms with Crippen LogP contribution < -0.4 is 5.32 Å². The molecule has 5 rings (SSSR count). The smallest absolute Gasteiger partial charge is 0.280 e. The van der Waals surface area contributed by atoms with Crippen molar-refractivity contribution in [2.24, 2.45) is 0 Å². The molecule has 0 atom stereocenters. The Morgan fingerprint density at radius 1 is 1.17 bits per heavy atom. The van der Waals surface area contributed by atoms with E-state index in [4.69, 9.17) is 14.5 Å². The molecule has 0 saturated carbocycles. The topological polar surface area (TPSA) is 91.2 Å². The average Bonchev–Trinajstić information content (AvgIpc) is 3.29. The number of alkyl halides is 2. The molecule has 5 heterocycles. The second kappa shape index (κ2) is 12.6. The van der Waals surface area contributed by atoms with Gasteiger partial charge in [0, 0.05) is 45.1 Å². The summed E-state index contributed by atoms with van der Waals surface area (Å²) in [5, 5.41) is 2.74. The molecule has 0 spiro atoms. The van der Waals surface area contributed by atoms with Gasteiger partial charge in [-0.25, -0.2) is 18.7 Å². The van der Waals surface area contributed by atoms with Crippen LogP contribution in [0.15, 0.2) is 54.9 Å². The van der Waals surface area contributed by atoms with Gasteiger partial charge in [-0.1, -0.05) is 31.8 Å². The highest BCUT2D eigenvalue weighted by atomic mass is 28.3. The minimum Gasteiger partial charge on any atom is -0.377 e.